The summed E-state index contributed by atoms with van der Waals surface area (Å²) in [4.78, 5) is 31.2. The van der Waals surface area contributed by atoms with Gasteiger partial charge >= 0.3 is 5.97 Å². The van der Waals surface area contributed by atoms with Crippen molar-refractivity contribution in [2.45, 2.75) is 13.0 Å². The molecule has 0 fully saturated rings. The molecule has 0 radical (unpaired) electrons. The van der Waals surface area contributed by atoms with Crippen LogP contribution in [0.25, 0.3) is 10.9 Å². The minimum absolute atomic E-state index is 0.143. The molecule has 3 aromatic rings. The zero-order valence-electron chi connectivity index (χ0n) is 13.0. The van der Waals surface area contributed by atoms with E-state index >= 15 is 0 Å². The standard InChI is InChI=1S/C17H13Cl2N3O3/c1-9(16(23)22-15-12(19)7-11(18)8-20-15)25-17(24)14-6-10-4-2-3-5-13(10)21-14/h2-9,21H,1H3,(H,20,22,23)/t9-/m1/s1. The average Bonchev–Trinajstić information content (AvgIpc) is 3.01. The van der Waals surface area contributed by atoms with Crippen LogP contribution in [0, 0.1) is 0 Å². The number of carbonyl (C=O) groups is 2. The van der Waals surface area contributed by atoms with E-state index < -0.39 is 18.0 Å². The van der Waals surface area contributed by atoms with E-state index in [0.29, 0.717) is 5.02 Å². The number of rotatable bonds is 4. The van der Waals surface area contributed by atoms with E-state index in [1.54, 1.807) is 6.07 Å². The maximum Gasteiger partial charge on any atom is 0.355 e. The molecule has 0 saturated heterocycles. The van der Waals surface area contributed by atoms with Crippen LogP contribution in [0.5, 0.6) is 0 Å². The lowest BCUT2D eigenvalue weighted by atomic mass is 10.2. The Balaban J connectivity index is 1.67. The highest BCUT2D eigenvalue weighted by atomic mass is 35.5. The molecule has 0 aliphatic rings. The van der Waals surface area contributed by atoms with Gasteiger partial charge in [0.05, 0.1) is 10.0 Å². The second kappa shape index (κ2) is 7.13. The number of H-pyrrole nitrogens is 1. The summed E-state index contributed by atoms with van der Waals surface area (Å²) in [5.41, 5.74) is 1.08. The van der Waals surface area contributed by atoms with Crippen molar-refractivity contribution in [1.29, 1.82) is 0 Å². The first-order valence-electron chi connectivity index (χ1n) is 7.34. The minimum atomic E-state index is -1.03. The first-order valence-corrected chi connectivity index (χ1v) is 8.10. The zero-order valence-corrected chi connectivity index (χ0v) is 14.6. The second-order valence-electron chi connectivity index (χ2n) is 5.29. The summed E-state index contributed by atoms with van der Waals surface area (Å²) in [6, 6.07) is 10.5. The van der Waals surface area contributed by atoms with Gasteiger partial charge in [0.1, 0.15) is 5.69 Å². The van der Waals surface area contributed by atoms with Gasteiger partial charge in [-0.05, 0) is 25.1 Å². The lowest BCUT2D eigenvalue weighted by Crippen LogP contribution is -2.30. The third-order valence-electron chi connectivity index (χ3n) is 3.45. The summed E-state index contributed by atoms with van der Waals surface area (Å²) in [7, 11) is 0. The van der Waals surface area contributed by atoms with E-state index in [1.807, 2.05) is 24.3 Å². The van der Waals surface area contributed by atoms with Crippen LogP contribution in [-0.4, -0.2) is 27.9 Å². The number of benzene rings is 1. The molecule has 0 aliphatic heterocycles. The largest absolute Gasteiger partial charge is 0.448 e. The van der Waals surface area contributed by atoms with Crippen molar-refractivity contribution >= 4 is 51.8 Å². The molecule has 0 spiro atoms. The van der Waals surface area contributed by atoms with E-state index in [-0.39, 0.29) is 16.5 Å². The van der Waals surface area contributed by atoms with Gasteiger partial charge in [0.2, 0.25) is 0 Å². The number of ether oxygens (including phenoxy) is 1. The predicted molar refractivity (Wildman–Crippen MR) is 96.1 cm³/mol. The quantitative estimate of drug-likeness (QED) is 0.671. The Morgan fingerprint density at radius 1 is 1.24 bits per heavy atom. The Kier molecular flexibility index (Phi) is 4.92. The van der Waals surface area contributed by atoms with Gasteiger partial charge in [-0.15, -0.1) is 0 Å². The fourth-order valence-electron chi connectivity index (χ4n) is 2.19. The number of hydrogen-bond donors (Lipinski definition) is 2. The van der Waals surface area contributed by atoms with Gasteiger partial charge in [-0.25, -0.2) is 9.78 Å². The van der Waals surface area contributed by atoms with Gasteiger partial charge in [0.15, 0.2) is 11.9 Å². The molecule has 3 rings (SSSR count). The Morgan fingerprint density at radius 2 is 2.00 bits per heavy atom. The van der Waals surface area contributed by atoms with E-state index in [9.17, 15) is 9.59 Å². The fraction of sp³-hybridized carbons (Fsp3) is 0.118. The molecule has 128 valence electrons. The van der Waals surface area contributed by atoms with Gasteiger partial charge in [-0.3, -0.25) is 4.79 Å². The van der Waals surface area contributed by atoms with Crippen molar-refractivity contribution in [3.63, 3.8) is 0 Å². The van der Waals surface area contributed by atoms with E-state index in [4.69, 9.17) is 27.9 Å². The summed E-state index contributed by atoms with van der Waals surface area (Å²) in [6.07, 6.45) is 0.317. The van der Waals surface area contributed by atoms with Gasteiger partial charge in [0.25, 0.3) is 5.91 Å². The van der Waals surface area contributed by atoms with Crippen molar-refractivity contribution in [3.8, 4) is 0 Å². The Bertz CT molecular complexity index is 922. The average molecular weight is 378 g/mol. The lowest BCUT2D eigenvalue weighted by molar-refractivity contribution is -0.123. The number of carbonyl (C=O) groups excluding carboxylic acids is 2. The molecule has 1 atom stereocenters. The third-order valence-corrected chi connectivity index (χ3v) is 3.95. The van der Waals surface area contributed by atoms with E-state index in [0.717, 1.165) is 10.9 Å². The molecule has 1 aromatic carbocycles. The number of hydrogen-bond acceptors (Lipinski definition) is 4. The molecule has 25 heavy (non-hydrogen) atoms. The molecule has 0 aliphatic carbocycles. The Hall–Kier alpha value is -2.57. The molecule has 2 N–H and O–H groups in total. The normalized spacial score (nSPS) is 12.0. The molecular weight excluding hydrogens is 365 g/mol. The van der Waals surface area contributed by atoms with Crippen LogP contribution in [0.2, 0.25) is 10.0 Å². The molecule has 0 saturated carbocycles. The molecule has 1 amide bonds. The zero-order chi connectivity index (χ0) is 18.0. The number of esters is 1. The number of anilines is 1. The van der Waals surface area contributed by atoms with Crippen LogP contribution in [-0.2, 0) is 9.53 Å². The van der Waals surface area contributed by atoms with Crippen molar-refractivity contribution < 1.29 is 14.3 Å². The SMILES string of the molecule is C[C@@H](OC(=O)c1cc2ccccc2[nH]1)C(=O)Nc1ncc(Cl)cc1Cl. The predicted octanol–water partition coefficient (Wildman–Crippen LogP) is 4.05. The van der Waals surface area contributed by atoms with Crippen molar-refractivity contribution in [1.82, 2.24) is 9.97 Å². The number of pyridine rings is 1. The van der Waals surface area contributed by atoms with Gasteiger partial charge in [-0.1, -0.05) is 41.4 Å². The van der Waals surface area contributed by atoms with Crippen molar-refractivity contribution in [2.75, 3.05) is 5.32 Å². The van der Waals surface area contributed by atoms with Crippen LogP contribution in [0.15, 0.2) is 42.6 Å². The second-order valence-corrected chi connectivity index (χ2v) is 6.13. The Labute approximate surface area is 153 Å². The maximum absolute atomic E-state index is 12.2. The minimum Gasteiger partial charge on any atom is -0.448 e. The van der Waals surface area contributed by atoms with Gasteiger partial charge in [-0.2, -0.15) is 0 Å². The third kappa shape index (κ3) is 3.92. The highest BCUT2D eigenvalue weighted by Gasteiger charge is 2.21. The summed E-state index contributed by atoms with van der Waals surface area (Å²) in [5, 5.41) is 3.91. The van der Waals surface area contributed by atoms with Crippen LogP contribution >= 0.6 is 23.2 Å². The van der Waals surface area contributed by atoms with Crippen LogP contribution in [0.4, 0.5) is 5.82 Å². The number of aromatic amines is 1. The number of nitrogens with zero attached hydrogens (tertiary/aromatic N) is 1. The Morgan fingerprint density at radius 3 is 2.72 bits per heavy atom. The number of para-hydroxylation sites is 1. The monoisotopic (exact) mass is 377 g/mol. The first kappa shape index (κ1) is 17.3. The van der Waals surface area contributed by atoms with Crippen LogP contribution in [0.3, 0.4) is 0 Å². The van der Waals surface area contributed by atoms with Crippen molar-refractivity contribution in [2.24, 2.45) is 0 Å². The summed E-state index contributed by atoms with van der Waals surface area (Å²) in [6.45, 7) is 1.46. The number of nitrogens with one attached hydrogen (secondary N) is 2. The summed E-state index contributed by atoms with van der Waals surface area (Å²) >= 11 is 11.7. The molecular formula is C17H13Cl2N3O3. The molecule has 6 nitrogen and oxygen atoms in total. The lowest BCUT2D eigenvalue weighted by Gasteiger charge is -2.13. The maximum atomic E-state index is 12.2. The number of halogens is 2. The summed E-state index contributed by atoms with van der Waals surface area (Å²) < 4.78 is 5.18. The molecule has 8 heteroatoms. The molecule has 0 bridgehead atoms. The number of fused-ring (bicyclic) bond motifs is 1. The van der Waals surface area contributed by atoms with Gasteiger partial charge in [0, 0.05) is 17.1 Å². The van der Waals surface area contributed by atoms with Crippen molar-refractivity contribution in [3.05, 3.63) is 58.3 Å². The highest BCUT2D eigenvalue weighted by Crippen LogP contribution is 2.23. The van der Waals surface area contributed by atoms with Crippen LogP contribution < -0.4 is 5.32 Å². The number of aromatic nitrogens is 2. The van der Waals surface area contributed by atoms with Gasteiger partial charge < -0.3 is 15.0 Å². The summed E-state index contributed by atoms with van der Waals surface area (Å²) in [5.74, 6) is -1.04. The fourth-order valence-corrected chi connectivity index (χ4v) is 2.61. The van der Waals surface area contributed by atoms with E-state index in [1.165, 1.54) is 19.2 Å². The molecule has 2 heterocycles. The smallest absolute Gasteiger partial charge is 0.355 e. The highest BCUT2D eigenvalue weighted by molar-refractivity contribution is 6.36. The topological polar surface area (TPSA) is 84.1 Å². The first-order chi connectivity index (χ1) is 11.9. The van der Waals surface area contributed by atoms with Crippen LogP contribution in [0.1, 0.15) is 17.4 Å². The molecule has 0 unspecified atom stereocenters. The number of amides is 1. The van der Waals surface area contributed by atoms with E-state index in [2.05, 4.69) is 15.3 Å². The molecule has 2 aromatic heterocycles.